The Bertz CT molecular complexity index is 976. The van der Waals surface area contributed by atoms with Gasteiger partial charge in [-0.15, -0.1) is 11.3 Å². The molecule has 5 rings (SSSR count). The van der Waals surface area contributed by atoms with Crippen molar-refractivity contribution in [3.63, 3.8) is 0 Å². The third kappa shape index (κ3) is 3.70. The number of likely N-dealkylation sites (N-methyl/N-ethyl adjacent to an activating group) is 1. The van der Waals surface area contributed by atoms with E-state index in [1.165, 1.54) is 44.8 Å². The molecule has 2 aliphatic heterocycles. The fourth-order valence-corrected chi connectivity index (χ4v) is 5.58. The molecule has 0 aliphatic carbocycles. The molecular formula is C22H24N4S2. The zero-order valence-electron chi connectivity index (χ0n) is 16.0. The standard InChI is InChI=1S/C22H24N4S2/c1-2-25-9-11-26(12-10-25)14-22-24-19(15-27-22)16-7-8-21-18(13-16)23-17-5-3-4-6-20(17)28-21/h3-8,13,15,23H,2,9-12,14H2,1H3. The second kappa shape index (κ2) is 7.87. The molecule has 6 heteroatoms. The molecule has 0 atom stereocenters. The Labute approximate surface area is 174 Å². The molecule has 4 nitrogen and oxygen atoms in total. The number of rotatable bonds is 4. The van der Waals surface area contributed by atoms with Gasteiger partial charge in [-0.1, -0.05) is 36.9 Å². The predicted octanol–water partition coefficient (Wildman–Crippen LogP) is 5.16. The van der Waals surface area contributed by atoms with Gasteiger partial charge in [-0.2, -0.15) is 0 Å². The minimum Gasteiger partial charge on any atom is -0.354 e. The van der Waals surface area contributed by atoms with Crippen LogP contribution in [0.1, 0.15) is 11.9 Å². The molecule has 1 saturated heterocycles. The molecule has 28 heavy (non-hydrogen) atoms. The van der Waals surface area contributed by atoms with Crippen molar-refractivity contribution in [3.8, 4) is 11.3 Å². The maximum absolute atomic E-state index is 4.94. The normalized spacial score (nSPS) is 17.0. The third-order valence-corrected chi connectivity index (χ3v) is 7.46. The number of aromatic nitrogens is 1. The van der Waals surface area contributed by atoms with Gasteiger partial charge in [0.2, 0.25) is 0 Å². The number of fused-ring (bicyclic) bond motifs is 2. The van der Waals surface area contributed by atoms with E-state index in [2.05, 4.69) is 69.9 Å². The maximum atomic E-state index is 4.94. The van der Waals surface area contributed by atoms with Gasteiger partial charge in [0, 0.05) is 46.9 Å². The number of hydrogen-bond acceptors (Lipinski definition) is 6. The van der Waals surface area contributed by atoms with E-state index in [4.69, 9.17) is 4.98 Å². The van der Waals surface area contributed by atoms with Crippen molar-refractivity contribution in [1.82, 2.24) is 14.8 Å². The van der Waals surface area contributed by atoms with E-state index in [0.717, 1.165) is 31.9 Å². The van der Waals surface area contributed by atoms with Crippen LogP contribution in [0.4, 0.5) is 11.4 Å². The second-order valence-electron chi connectivity index (χ2n) is 7.27. The minimum atomic E-state index is 0.967. The van der Waals surface area contributed by atoms with E-state index < -0.39 is 0 Å². The summed E-state index contributed by atoms with van der Waals surface area (Å²) in [5, 5.41) is 6.99. The molecule has 0 radical (unpaired) electrons. The van der Waals surface area contributed by atoms with Crippen molar-refractivity contribution in [2.24, 2.45) is 0 Å². The minimum absolute atomic E-state index is 0.967. The molecule has 0 saturated carbocycles. The van der Waals surface area contributed by atoms with Crippen molar-refractivity contribution in [2.45, 2.75) is 23.3 Å². The summed E-state index contributed by atoms with van der Waals surface area (Å²) >= 11 is 3.60. The number of para-hydroxylation sites is 1. The van der Waals surface area contributed by atoms with Gasteiger partial charge in [-0.3, -0.25) is 4.90 Å². The van der Waals surface area contributed by atoms with Crippen molar-refractivity contribution in [3.05, 3.63) is 52.9 Å². The molecule has 0 amide bonds. The number of nitrogens with one attached hydrogen (secondary N) is 1. The monoisotopic (exact) mass is 408 g/mol. The summed E-state index contributed by atoms with van der Waals surface area (Å²) < 4.78 is 0. The van der Waals surface area contributed by atoms with E-state index >= 15 is 0 Å². The van der Waals surface area contributed by atoms with Crippen LogP contribution in [0.15, 0.2) is 57.6 Å². The van der Waals surface area contributed by atoms with Crippen molar-refractivity contribution >= 4 is 34.5 Å². The molecule has 1 fully saturated rings. The van der Waals surface area contributed by atoms with Gasteiger partial charge >= 0.3 is 0 Å². The van der Waals surface area contributed by atoms with Crippen LogP contribution in [0.25, 0.3) is 11.3 Å². The van der Waals surface area contributed by atoms with Gasteiger partial charge in [0.1, 0.15) is 5.01 Å². The Kier molecular flexibility index (Phi) is 5.11. The van der Waals surface area contributed by atoms with Gasteiger partial charge in [-0.25, -0.2) is 4.98 Å². The van der Waals surface area contributed by atoms with Crippen LogP contribution in [0, 0.1) is 0 Å². The van der Waals surface area contributed by atoms with Crippen LogP contribution < -0.4 is 5.32 Å². The number of thiazole rings is 1. The highest BCUT2D eigenvalue weighted by Gasteiger charge is 2.18. The molecule has 3 heterocycles. The Balaban J connectivity index is 1.30. The van der Waals surface area contributed by atoms with E-state index in [9.17, 15) is 0 Å². The quantitative estimate of drug-likeness (QED) is 0.504. The van der Waals surface area contributed by atoms with Crippen LogP contribution in [-0.4, -0.2) is 47.5 Å². The molecule has 0 bridgehead atoms. The number of nitrogens with zero attached hydrogens (tertiary/aromatic N) is 3. The highest BCUT2D eigenvalue weighted by Crippen LogP contribution is 2.45. The van der Waals surface area contributed by atoms with E-state index in [0.29, 0.717) is 0 Å². The lowest BCUT2D eigenvalue weighted by molar-refractivity contribution is 0.132. The molecule has 144 valence electrons. The van der Waals surface area contributed by atoms with Crippen molar-refractivity contribution in [1.29, 1.82) is 0 Å². The Morgan fingerprint density at radius 3 is 2.61 bits per heavy atom. The first-order valence-corrected chi connectivity index (χ1v) is 11.6. The molecule has 0 unspecified atom stereocenters. The molecule has 2 aromatic carbocycles. The first-order valence-electron chi connectivity index (χ1n) is 9.86. The number of anilines is 2. The van der Waals surface area contributed by atoms with Crippen LogP contribution in [-0.2, 0) is 6.54 Å². The summed E-state index contributed by atoms with van der Waals surface area (Å²) in [7, 11) is 0. The van der Waals surface area contributed by atoms with Gasteiger partial charge in [0.25, 0.3) is 0 Å². The largest absolute Gasteiger partial charge is 0.354 e. The Hall–Kier alpha value is -1.86. The predicted molar refractivity (Wildman–Crippen MR) is 119 cm³/mol. The van der Waals surface area contributed by atoms with Crippen molar-refractivity contribution in [2.75, 3.05) is 38.0 Å². The first-order chi connectivity index (χ1) is 13.8. The molecule has 1 N–H and O–H groups in total. The maximum Gasteiger partial charge on any atom is 0.107 e. The molecule has 2 aliphatic rings. The summed E-state index contributed by atoms with van der Waals surface area (Å²) in [6.45, 7) is 8.99. The summed E-state index contributed by atoms with van der Waals surface area (Å²) in [6.07, 6.45) is 0. The molecule has 3 aromatic rings. The van der Waals surface area contributed by atoms with Gasteiger partial charge in [-0.05, 0) is 30.8 Å². The lowest BCUT2D eigenvalue weighted by Crippen LogP contribution is -2.45. The van der Waals surface area contributed by atoms with Crippen LogP contribution in [0.5, 0.6) is 0 Å². The Morgan fingerprint density at radius 1 is 0.964 bits per heavy atom. The van der Waals surface area contributed by atoms with Crippen LogP contribution in [0.2, 0.25) is 0 Å². The summed E-state index contributed by atoms with van der Waals surface area (Å²) in [5.74, 6) is 0. The summed E-state index contributed by atoms with van der Waals surface area (Å²) in [5.41, 5.74) is 4.62. The average Bonchev–Trinajstić information content (AvgIpc) is 3.21. The topological polar surface area (TPSA) is 31.4 Å². The lowest BCUT2D eigenvalue weighted by Gasteiger charge is -2.33. The highest BCUT2D eigenvalue weighted by molar-refractivity contribution is 7.99. The number of benzene rings is 2. The lowest BCUT2D eigenvalue weighted by atomic mass is 10.1. The zero-order chi connectivity index (χ0) is 18.9. The fraction of sp³-hybridized carbons (Fsp3) is 0.318. The van der Waals surface area contributed by atoms with Crippen molar-refractivity contribution < 1.29 is 0 Å². The molecule has 1 aromatic heterocycles. The number of piperazine rings is 1. The molecule has 0 spiro atoms. The van der Waals surface area contributed by atoms with Gasteiger partial charge < -0.3 is 10.2 Å². The fourth-order valence-electron chi connectivity index (χ4n) is 3.77. The van der Waals surface area contributed by atoms with Gasteiger partial charge in [0.15, 0.2) is 0 Å². The van der Waals surface area contributed by atoms with Gasteiger partial charge in [0.05, 0.1) is 23.6 Å². The third-order valence-electron chi connectivity index (χ3n) is 5.47. The smallest absolute Gasteiger partial charge is 0.107 e. The van der Waals surface area contributed by atoms with Crippen LogP contribution in [0.3, 0.4) is 0 Å². The molecular weight excluding hydrogens is 384 g/mol. The van der Waals surface area contributed by atoms with E-state index in [1.807, 2.05) is 11.8 Å². The SMILES string of the molecule is CCN1CCN(Cc2nc(-c3ccc4c(c3)Nc3ccccc3S4)cs2)CC1. The van der Waals surface area contributed by atoms with E-state index in [-0.39, 0.29) is 0 Å². The first kappa shape index (κ1) is 18.2. The number of hydrogen-bond donors (Lipinski definition) is 1. The van der Waals surface area contributed by atoms with Crippen LogP contribution >= 0.6 is 23.1 Å². The average molecular weight is 409 g/mol. The van der Waals surface area contributed by atoms with E-state index in [1.54, 1.807) is 11.3 Å². The second-order valence-corrected chi connectivity index (χ2v) is 9.30. The zero-order valence-corrected chi connectivity index (χ0v) is 17.7. The summed E-state index contributed by atoms with van der Waals surface area (Å²) in [4.78, 5) is 12.5. The highest BCUT2D eigenvalue weighted by atomic mass is 32.2. The Morgan fingerprint density at radius 2 is 1.75 bits per heavy atom. The summed E-state index contributed by atoms with van der Waals surface area (Å²) in [6, 6.07) is 15.1.